The molecule has 0 aliphatic heterocycles. The first-order chi connectivity index (χ1) is 9.60. The van der Waals surface area contributed by atoms with Gasteiger partial charge in [0.1, 0.15) is 17.3 Å². The predicted octanol–water partition coefficient (Wildman–Crippen LogP) is 5.03. The second-order valence-electron chi connectivity index (χ2n) is 4.21. The minimum absolute atomic E-state index is 0.0257. The smallest absolute Gasteiger partial charge is 0.142 e. The molecule has 5 heteroatoms. The third kappa shape index (κ3) is 3.85. The molecule has 0 atom stereocenters. The number of benzene rings is 2. The molecule has 106 valence electrons. The van der Waals surface area contributed by atoms with Gasteiger partial charge in [0.05, 0.1) is 5.02 Å². The molecule has 0 radical (unpaired) electrons. The molecule has 0 bridgehead atoms. The zero-order chi connectivity index (χ0) is 14.5. The Morgan fingerprint density at radius 1 is 1.15 bits per heavy atom. The second-order valence-corrected chi connectivity index (χ2v) is 5.05. The van der Waals surface area contributed by atoms with E-state index in [1.54, 1.807) is 12.1 Å². The van der Waals surface area contributed by atoms with Crippen molar-refractivity contribution >= 4 is 23.2 Å². The number of nitrogens with one attached hydrogen (secondary N) is 1. The topological polar surface area (TPSA) is 21.3 Å². The highest BCUT2D eigenvalue weighted by atomic mass is 35.5. The first kappa shape index (κ1) is 15.1. The van der Waals surface area contributed by atoms with E-state index in [2.05, 4.69) is 5.32 Å². The van der Waals surface area contributed by atoms with Crippen molar-refractivity contribution in [3.8, 4) is 11.5 Å². The summed E-state index contributed by atoms with van der Waals surface area (Å²) in [4.78, 5) is 0. The standard InChI is InChI=1S/C15H14Cl2FNO/c1-2-19-9-10-3-4-11(16)7-15(10)20-12-5-6-14(18)13(17)8-12/h3-8,19H,2,9H2,1H3. The Morgan fingerprint density at radius 3 is 2.65 bits per heavy atom. The van der Waals surface area contributed by atoms with Crippen molar-refractivity contribution in [1.29, 1.82) is 0 Å². The predicted molar refractivity (Wildman–Crippen MR) is 80.3 cm³/mol. The van der Waals surface area contributed by atoms with Gasteiger partial charge in [0.2, 0.25) is 0 Å². The first-order valence-corrected chi connectivity index (χ1v) is 6.97. The van der Waals surface area contributed by atoms with Crippen molar-refractivity contribution in [3.63, 3.8) is 0 Å². The lowest BCUT2D eigenvalue weighted by Gasteiger charge is -2.12. The lowest BCUT2D eigenvalue weighted by molar-refractivity contribution is 0.471. The van der Waals surface area contributed by atoms with Crippen LogP contribution in [0.15, 0.2) is 36.4 Å². The van der Waals surface area contributed by atoms with E-state index >= 15 is 0 Å². The highest BCUT2D eigenvalue weighted by molar-refractivity contribution is 6.31. The summed E-state index contributed by atoms with van der Waals surface area (Å²) >= 11 is 11.7. The van der Waals surface area contributed by atoms with Crippen molar-refractivity contribution < 1.29 is 9.13 Å². The second kappa shape index (κ2) is 6.93. The number of hydrogen-bond acceptors (Lipinski definition) is 2. The first-order valence-electron chi connectivity index (χ1n) is 6.22. The number of halogens is 3. The molecular formula is C15H14Cl2FNO. The van der Waals surface area contributed by atoms with Crippen LogP contribution in [-0.2, 0) is 6.54 Å². The van der Waals surface area contributed by atoms with Crippen LogP contribution in [0.5, 0.6) is 11.5 Å². The highest BCUT2D eigenvalue weighted by Crippen LogP contribution is 2.30. The van der Waals surface area contributed by atoms with E-state index in [0.717, 1.165) is 12.1 Å². The van der Waals surface area contributed by atoms with Gasteiger partial charge in [-0.15, -0.1) is 0 Å². The molecule has 2 aromatic carbocycles. The van der Waals surface area contributed by atoms with Gasteiger partial charge in [-0.3, -0.25) is 0 Å². The Hall–Kier alpha value is -1.29. The van der Waals surface area contributed by atoms with Gasteiger partial charge in [-0.1, -0.05) is 36.2 Å². The molecule has 0 aromatic heterocycles. The van der Waals surface area contributed by atoms with E-state index in [9.17, 15) is 4.39 Å². The van der Waals surface area contributed by atoms with E-state index in [4.69, 9.17) is 27.9 Å². The fourth-order valence-corrected chi connectivity index (χ4v) is 2.03. The summed E-state index contributed by atoms with van der Waals surface area (Å²) in [7, 11) is 0. The molecule has 0 saturated heterocycles. The average molecular weight is 314 g/mol. The van der Waals surface area contributed by atoms with Crippen LogP contribution in [0.25, 0.3) is 0 Å². The molecule has 0 aliphatic carbocycles. The van der Waals surface area contributed by atoms with Gasteiger partial charge in [0, 0.05) is 23.2 Å². The lowest BCUT2D eigenvalue weighted by Crippen LogP contribution is -2.12. The molecule has 0 unspecified atom stereocenters. The van der Waals surface area contributed by atoms with Crippen molar-refractivity contribution in [3.05, 3.63) is 57.8 Å². The molecule has 20 heavy (non-hydrogen) atoms. The Labute approximate surface area is 127 Å². The van der Waals surface area contributed by atoms with Crippen molar-refractivity contribution in [2.75, 3.05) is 6.54 Å². The molecule has 2 nitrogen and oxygen atoms in total. The molecule has 0 spiro atoms. The summed E-state index contributed by atoms with van der Waals surface area (Å²) < 4.78 is 18.9. The van der Waals surface area contributed by atoms with E-state index in [-0.39, 0.29) is 5.02 Å². The Morgan fingerprint density at radius 2 is 1.95 bits per heavy atom. The zero-order valence-electron chi connectivity index (χ0n) is 10.9. The van der Waals surface area contributed by atoms with Crippen molar-refractivity contribution in [2.45, 2.75) is 13.5 Å². The van der Waals surface area contributed by atoms with Gasteiger partial charge in [0.15, 0.2) is 0 Å². The van der Waals surface area contributed by atoms with Gasteiger partial charge in [-0.2, -0.15) is 0 Å². The highest BCUT2D eigenvalue weighted by Gasteiger charge is 2.08. The summed E-state index contributed by atoms with van der Waals surface area (Å²) in [5, 5.41) is 3.82. The van der Waals surface area contributed by atoms with E-state index < -0.39 is 5.82 Å². The van der Waals surface area contributed by atoms with Gasteiger partial charge in [-0.05, 0) is 30.8 Å². The Bertz CT molecular complexity index is 604. The fraction of sp³-hybridized carbons (Fsp3) is 0.200. The SMILES string of the molecule is CCNCc1ccc(Cl)cc1Oc1ccc(F)c(Cl)c1. The lowest BCUT2D eigenvalue weighted by atomic mass is 10.2. The molecule has 0 amide bonds. The van der Waals surface area contributed by atoms with Crippen LogP contribution in [0.3, 0.4) is 0 Å². The van der Waals surface area contributed by atoms with Crippen LogP contribution in [0.2, 0.25) is 10.0 Å². The summed E-state index contributed by atoms with van der Waals surface area (Å²) in [5.74, 6) is 0.621. The normalized spacial score (nSPS) is 10.6. The summed E-state index contributed by atoms with van der Waals surface area (Å²) in [5.41, 5.74) is 0.969. The van der Waals surface area contributed by atoms with Crippen LogP contribution < -0.4 is 10.1 Å². The molecule has 1 N–H and O–H groups in total. The third-order valence-electron chi connectivity index (χ3n) is 2.71. The Balaban J connectivity index is 2.26. The van der Waals surface area contributed by atoms with Crippen LogP contribution >= 0.6 is 23.2 Å². The van der Waals surface area contributed by atoms with Crippen LogP contribution in [-0.4, -0.2) is 6.54 Å². The van der Waals surface area contributed by atoms with Crippen molar-refractivity contribution in [2.24, 2.45) is 0 Å². The summed E-state index contributed by atoms with van der Waals surface area (Å²) in [6, 6.07) is 9.66. The number of rotatable bonds is 5. The molecule has 2 rings (SSSR count). The zero-order valence-corrected chi connectivity index (χ0v) is 12.4. The van der Waals surface area contributed by atoms with Gasteiger partial charge in [0.25, 0.3) is 0 Å². The van der Waals surface area contributed by atoms with Gasteiger partial charge in [-0.25, -0.2) is 4.39 Å². The number of ether oxygens (including phenoxy) is 1. The average Bonchev–Trinajstić information content (AvgIpc) is 2.42. The maximum Gasteiger partial charge on any atom is 0.142 e. The monoisotopic (exact) mass is 313 g/mol. The van der Waals surface area contributed by atoms with Crippen LogP contribution in [0, 0.1) is 5.82 Å². The Kier molecular flexibility index (Phi) is 5.24. The molecule has 0 heterocycles. The van der Waals surface area contributed by atoms with Gasteiger partial charge < -0.3 is 10.1 Å². The van der Waals surface area contributed by atoms with Crippen LogP contribution in [0.4, 0.5) is 4.39 Å². The van der Waals surface area contributed by atoms with Gasteiger partial charge >= 0.3 is 0 Å². The molecule has 0 saturated carbocycles. The van der Waals surface area contributed by atoms with Crippen molar-refractivity contribution in [1.82, 2.24) is 5.32 Å². The fourth-order valence-electron chi connectivity index (χ4n) is 1.70. The minimum Gasteiger partial charge on any atom is -0.457 e. The molecule has 0 fully saturated rings. The summed E-state index contributed by atoms with van der Waals surface area (Å²) in [6.45, 7) is 3.54. The maximum absolute atomic E-state index is 13.1. The van der Waals surface area contributed by atoms with E-state index in [1.807, 2.05) is 13.0 Å². The molecular weight excluding hydrogens is 300 g/mol. The summed E-state index contributed by atoms with van der Waals surface area (Å²) in [6.07, 6.45) is 0. The molecule has 2 aromatic rings. The largest absolute Gasteiger partial charge is 0.457 e. The third-order valence-corrected chi connectivity index (χ3v) is 3.24. The maximum atomic E-state index is 13.1. The van der Waals surface area contributed by atoms with E-state index in [1.165, 1.54) is 18.2 Å². The molecule has 0 aliphatic rings. The number of hydrogen-bond donors (Lipinski definition) is 1. The van der Waals surface area contributed by atoms with Crippen LogP contribution in [0.1, 0.15) is 12.5 Å². The minimum atomic E-state index is -0.474. The quantitative estimate of drug-likeness (QED) is 0.835. The van der Waals surface area contributed by atoms with E-state index in [0.29, 0.717) is 23.1 Å².